The number of hydrogen-bond donors (Lipinski definition) is 1. The quantitative estimate of drug-likeness (QED) is 0.740. The summed E-state index contributed by atoms with van der Waals surface area (Å²) in [5, 5.41) is 9.58. The summed E-state index contributed by atoms with van der Waals surface area (Å²) in [5.41, 5.74) is 7.07. The second-order valence-corrected chi connectivity index (χ2v) is 5.66. The van der Waals surface area contributed by atoms with E-state index in [0.717, 1.165) is 10.6 Å². The molecule has 0 aliphatic carbocycles. The predicted octanol–water partition coefficient (Wildman–Crippen LogP) is 3.66. The van der Waals surface area contributed by atoms with E-state index < -0.39 is 0 Å². The van der Waals surface area contributed by atoms with Gasteiger partial charge in [0.2, 0.25) is 11.8 Å². The largest absolute Gasteiger partial charge is 0.420 e. The van der Waals surface area contributed by atoms with Crippen LogP contribution in [0.25, 0.3) is 11.5 Å². The van der Waals surface area contributed by atoms with Crippen LogP contribution in [0.4, 0.5) is 5.69 Å². The lowest BCUT2D eigenvalue weighted by Crippen LogP contribution is -1.87. The lowest BCUT2D eigenvalue weighted by molar-refractivity contribution is 0.528. The van der Waals surface area contributed by atoms with Crippen molar-refractivity contribution < 1.29 is 4.42 Å². The Morgan fingerprint density at radius 3 is 2.62 bits per heavy atom. The minimum atomic E-state index is 0.479. The van der Waals surface area contributed by atoms with Gasteiger partial charge in [0.25, 0.3) is 0 Å². The maximum absolute atomic E-state index is 5.85. The third kappa shape index (κ3) is 3.53. The molecule has 0 aliphatic heterocycles. The molecule has 21 heavy (non-hydrogen) atoms. The zero-order valence-corrected chi connectivity index (χ0v) is 12.4. The molecule has 7 heteroatoms. The summed E-state index contributed by atoms with van der Waals surface area (Å²) in [5.74, 6) is 1.58. The Morgan fingerprint density at radius 2 is 1.90 bits per heavy atom. The first-order valence-electron chi connectivity index (χ1n) is 6.13. The van der Waals surface area contributed by atoms with E-state index in [2.05, 4.69) is 15.2 Å². The summed E-state index contributed by atoms with van der Waals surface area (Å²) in [6.45, 7) is 0. The third-order valence-corrected chi connectivity index (χ3v) is 3.84. The monoisotopic (exact) mass is 318 g/mol. The molecular formula is C14H11ClN4OS. The van der Waals surface area contributed by atoms with Crippen LogP contribution in [0.1, 0.15) is 5.89 Å². The molecular weight excluding hydrogens is 308 g/mol. The van der Waals surface area contributed by atoms with Gasteiger partial charge in [-0.25, -0.2) is 4.98 Å². The Labute approximate surface area is 130 Å². The fourth-order valence-electron chi connectivity index (χ4n) is 1.63. The number of benzene rings is 1. The molecule has 0 aliphatic rings. The average Bonchev–Trinajstić information content (AvgIpc) is 2.96. The van der Waals surface area contributed by atoms with Crippen LogP contribution in [0.5, 0.6) is 0 Å². The number of rotatable bonds is 4. The maximum atomic E-state index is 5.85. The highest BCUT2D eigenvalue weighted by Crippen LogP contribution is 2.24. The summed E-state index contributed by atoms with van der Waals surface area (Å²) in [6, 6.07) is 10.9. The Kier molecular flexibility index (Phi) is 4.08. The molecule has 0 saturated heterocycles. The number of pyridine rings is 1. The van der Waals surface area contributed by atoms with Crippen molar-refractivity contribution in [1.29, 1.82) is 0 Å². The summed E-state index contributed by atoms with van der Waals surface area (Å²) in [7, 11) is 0. The van der Waals surface area contributed by atoms with Crippen LogP contribution in [0, 0.1) is 0 Å². The minimum Gasteiger partial charge on any atom is -0.420 e. The summed E-state index contributed by atoms with van der Waals surface area (Å²) in [4.78, 5) is 4.20. The molecule has 2 heterocycles. The van der Waals surface area contributed by atoms with Gasteiger partial charge in [-0.3, -0.25) is 0 Å². The van der Waals surface area contributed by atoms with Crippen LogP contribution in [0.15, 0.2) is 52.0 Å². The van der Waals surface area contributed by atoms with Crippen molar-refractivity contribution >= 4 is 29.1 Å². The molecule has 0 amide bonds. The number of aromatic nitrogens is 3. The van der Waals surface area contributed by atoms with Crippen molar-refractivity contribution in [3.05, 3.63) is 53.5 Å². The van der Waals surface area contributed by atoms with Gasteiger partial charge < -0.3 is 10.2 Å². The van der Waals surface area contributed by atoms with Crippen molar-refractivity contribution in [2.45, 2.75) is 10.8 Å². The molecule has 0 radical (unpaired) electrons. The van der Waals surface area contributed by atoms with Gasteiger partial charge in [-0.1, -0.05) is 23.4 Å². The van der Waals surface area contributed by atoms with E-state index >= 15 is 0 Å². The SMILES string of the molecule is Nc1ccc(SCc2nnc(-c3ccc(Cl)cc3)o2)nc1. The van der Waals surface area contributed by atoms with Gasteiger partial charge in [0, 0.05) is 10.6 Å². The molecule has 3 aromatic rings. The molecule has 0 spiro atoms. The number of anilines is 1. The van der Waals surface area contributed by atoms with Gasteiger partial charge in [0.1, 0.15) is 0 Å². The number of nitrogens with two attached hydrogens (primary N) is 1. The molecule has 106 valence electrons. The van der Waals surface area contributed by atoms with Crippen molar-refractivity contribution in [1.82, 2.24) is 15.2 Å². The van der Waals surface area contributed by atoms with Gasteiger partial charge in [0.15, 0.2) is 0 Å². The van der Waals surface area contributed by atoms with Crippen LogP contribution in [-0.2, 0) is 5.75 Å². The molecule has 2 N–H and O–H groups in total. The Bertz CT molecular complexity index is 727. The van der Waals surface area contributed by atoms with Gasteiger partial charge in [-0.2, -0.15) is 0 Å². The first-order chi connectivity index (χ1) is 10.2. The van der Waals surface area contributed by atoms with Gasteiger partial charge in [-0.05, 0) is 36.4 Å². The Balaban J connectivity index is 1.67. The highest BCUT2D eigenvalue weighted by Gasteiger charge is 2.09. The molecule has 5 nitrogen and oxygen atoms in total. The van der Waals surface area contributed by atoms with Crippen molar-refractivity contribution in [2.75, 3.05) is 5.73 Å². The lowest BCUT2D eigenvalue weighted by atomic mass is 10.2. The lowest BCUT2D eigenvalue weighted by Gasteiger charge is -1.98. The summed E-state index contributed by atoms with van der Waals surface area (Å²) in [6.07, 6.45) is 1.62. The van der Waals surface area contributed by atoms with E-state index in [0.29, 0.717) is 28.2 Å². The van der Waals surface area contributed by atoms with E-state index in [1.54, 1.807) is 18.3 Å². The molecule has 3 rings (SSSR count). The second-order valence-electron chi connectivity index (χ2n) is 4.23. The predicted molar refractivity (Wildman–Crippen MR) is 83.0 cm³/mol. The Morgan fingerprint density at radius 1 is 1.10 bits per heavy atom. The van der Waals surface area contributed by atoms with Gasteiger partial charge in [0.05, 0.1) is 22.7 Å². The normalized spacial score (nSPS) is 10.7. The average molecular weight is 319 g/mol. The zero-order chi connectivity index (χ0) is 14.7. The van der Waals surface area contributed by atoms with E-state index in [9.17, 15) is 0 Å². The number of hydrogen-bond acceptors (Lipinski definition) is 6. The fraction of sp³-hybridized carbons (Fsp3) is 0.0714. The molecule has 0 bridgehead atoms. The molecule has 0 atom stereocenters. The van der Waals surface area contributed by atoms with Crippen LogP contribution in [-0.4, -0.2) is 15.2 Å². The topological polar surface area (TPSA) is 77.8 Å². The van der Waals surface area contributed by atoms with Crippen LogP contribution < -0.4 is 5.73 Å². The van der Waals surface area contributed by atoms with Crippen molar-refractivity contribution in [2.24, 2.45) is 0 Å². The highest BCUT2D eigenvalue weighted by molar-refractivity contribution is 7.98. The smallest absolute Gasteiger partial charge is 0.247 e. The first-order valence-corrected chi connectivity index (χ1v) is 7.50. The molecule has 0 unspecified atom stereocenters. The van der Waals surface area contributed by atoms with Crippen LogP contribution >= 0.6 is 23.4 Å². The number of nitrogens with zero attached hydrogens (tertiary/aromatic N) is 3. The van der Waals surface area contributed by atoms with E-state index in [4.69, 9.17) is 21.8 Å². The minimum absolute atomic E-state index is 0.479. The van der Waals surface area contributed by atoms with Crippen molar-refractivity contribution in [3.63, 3.8) is 0 Å². The fourth-order valence-corrected chi connectivity index (χ4v) is 2.44. The zero-order valence-electron chi connectivity index (χ0n) is 10.9. The van der Waals surface area contributed by atoms with Crippen molar-refractivity contribution in [3.8, 4) is 11.5 Å². The van der Waals surface area contributed by atoms with E-state index in [1.165, 1.54) is 11.8 Å². The van der Waals surface area contributed by atoms with Crippen LogP contribution in [0.3, 0.4) is 0 Å². The standard InChI is InChI=1S/C14H11ClN4OS/c15-10-3-1-9(2-4-10)14-19-18-12(20-14)8-21-13-6-5-11(16)7-17-13/h1-7H,8,16H2. The van der Waals surface area contributed by atoms with Gasteiger partial charge >= 0.3 is 0 Å². The molecule has 2 aromatic heterocycles. The second kappa shape index (κ2) is 6.15. The first kappa shape index (κ1) is 13.9. The highest BCUT2D eigenvalue weighted by atomic mass is 35.5. The molecule has 1 aromatic carbocycles. The van der Waals surface area contributed by atoms with Gasteiger partial charge in [-0.15, -0.1) is 10.2 Å². The molecule has 0 saturated carbocycles. The number of nitrogen functional groups attached to an aromatic ring is 1. The maximum Gasteiger partial charge on any atom is 0.247 e. The van der Waals surface area contributed by atoms with E-state index in [1.807, 2.05) is 24.3 Å². The van der Waals surface area contributed by atoms with Crippen LogP contribution in [0.2, 0.25) is 5.02 Å². The number of thioether (sulfide) groups is 1. The number of halogens is 1. The third-order valence-electron chi connectivity index (χ3n) is 2.66. The summed E-state index contributed by atoms with van der Waals surface area (Å²) < 4.78 is 5.62. The van der Waals surface area contributed by atoms with E-state index in [-0.39, 0.29) is 0 Å². The Hall–Kier alpha value is -2.05. The summed E-state index contributed by atoms with van der Waals surface area (Å²) >= 11 is 7.36. The molecule has 0 fully saturated rings.